The van der Waals surface area contributed by atoms with Crippen LogP contribution in [-0.2, 0) is 5.54 Å². The van der Waals surface area contributed by atoms with E-state index in [4.69, 9.17) is 5.73 Å². The summed E-state index contributed by atoms with van der Waals surface area (Å²) in [6, 6.07) is 5.89. The van der Waals surface area contributed by atoms with Crippen molar-refractivity contribution in [1.82, 2.24) is 20.2 Å². The van der Waals surface area contributed by atoms with Crippen LogP contribution in [0.2, 0.25) is 0 Å². The van der Waals surface area contributed by atoms with Crippen molar-refractivity contribution in [2.45, 2.75) is 51.5 Å². The summed E-state index contributed by atoms with van der Waals surface area (Å²) in [5.74, 6) is 0.833. The summed E-state index contributed by atoms with van der Waals surface area (Å²) >= 11 is 0. The van der Waals surface area contributed by atoms with E-state index in [1.807, 2.05) is 22.9 Å². The highest BCUT2D eigenvalue weighted by Crippen LogP contribution is 2.36. The van der Waals surface area contributed by atoms with E-state index in [9.17, 15) is 0 Å². The maximum Gasteiger partial charge on any atom is 0.182 e. The molecular formula is C15H21N5. The number of benzene rings is 1. The number of aryl methyl sites for hydroxylation is 1. The molecule has 5 nitrogen and oxygen atoms in total. The first kappa shape index (κ1) is 13.1. The number of hydrogen-bond donors (Lipinski definition) is 1. The summed E-state index contributed by atoms with van der Waals surface area (Å²) in [4.78, 5) is 0. The predicted octanol–water partition coefficient (Wildman–Crippen LogP) is 2.91. The summed E-state index contributed by atoms with van der Waals surface area (Å²) in [6.45, 7) is 4.32. The minimum Gasteiger partial charge on any atom is -0.399 e. The van der Waals surface area contributed by atoms with Gasteiger partial charge in [0.15, 0.2) is 5.82 Å². The quantitative estimate of drug-likeness (QED) is 0.853. The molecule has 0 saturated heterocycles. The summed E-state index contributed by atoms with van der Waals surface area (Å²) in [5, 5.41) is 12.4. The average Bonchev–Trinajstić information content (AvgIpc) is 2.92. The van der Waals surface area contributed by atoms with E-state index in [2.05, 4.69) is 29.4 Å². The first-order valence-corrected chi connectivity index (χ1v) is 7.25. The second kappa shape index (κ2) is 4.89. The van der Waals surface area contributed by atoms with Gasteiger partial charge in [0.05, 0.1) is 5.54 Å². The molecule has 1 saturated carbocycles. The van der Waals surface area contributed by atoms with Gasteiger partial charge in [-0.25, -0.2) is 4.68 Å². The van der Waals surface area contributed by atoms with Crippen LogP contribution in [0.15, 0.2) is 18.2 Å². The Labute approximate surface area is 119 Å². The number of nitrogens with two attached hydrogens (primary N) is 1. The van der Waals surface area contributed by atoms with E-state index in [0.717, 1.165) is 35.5 Å². The molecular weight excluding hydrogens is 250 g/mol. The Bertz CT molecular complexity index is 610. The smallest absolute Gasteiger partial charge is 0.182 e. The van der Waals surface area contributed by atoms with E-state index >= 15 is 0 Å². The minimum atomic E-state index is 0.0220. The number of nitrogen functional groups attached to an aromatic ring is 1. The summed E-state index contributed by atoms with van der Waals surface area (Å²) in [6.07, 6.45) is 6.06. The molecule has 0 amide bonds. The third-order valence-corrected chi connectivity index (χ3v) is 4.41. The Morgan fingerprint density at radius 3 is 2.70 bits per heavy atom. The van der Waals surface area contributed by atoms with Gasteiger partial charge in [0.25, 0.3) is 0 Å². The minimum absolute atomic E-state index is 0.0220. The van der Waals surface area contributed by atoms with Crippen LogP contribution in [0.1, 0.15) is 44.6 Å². The second-order valence-electron chi connectivity index (χ2n) is 6.05. The van der Waals surface area contributed by atoms with Crippen LogP contribution in [-0.4, -0.2) is 20.2 Å². The number of nitrogens with zero attached hydrogens (tertiary/aromatic N) is 4. The zero-order chi connectivity index (χ0) is 14.2. The summed E-state index contributed by atoms with van der Waals surface area (Å²) in [5.41, 5.74) is 8.86. The lowest BCUT2D eigenvalue weighted by atomic mass is 9.83. The Hall–Kier alpha value is -1.91. The molecule has 0 spiro atoms. The topological polar surface area (TPSA) is 69.6 Å². The van der Waals surface area contributed by atoms with Crippen molar-refractivity contribution in [3.05, 3.63) is 23.8 Å². The first-order valence-electron chi connectivity index (χ1n) is 7.25. The van der Waals surface area contributed by atoms with Crippen LogP contribution in [0.25, 0.3) is 11.4 Å². The van der Waals surface area contributed by atoms with Crippen molar-refractivity contribution in [2.75, 3.05) is 5.73 Å². The van der Waals surface area contributed by atoms with Crippen molar-refractivity contribution >= 4 is 5.69 Å². The van der Waals surface area contributed by atoms with Gasteiger partial charge in [-0.2, -0.15) is 0 Å². The highest BCUT2D eigenvalue weighted by atomic mass is 15.6. The third kappa shape index (κ3) is 2.17. The van der Waals surface area contributed by atoms with Gasteiger partial charge in [-0.1, -0.05) is 25.3 Å². The normalized spacial score (nSPS) is 18.1. The van der Waals surface area contributed by atoms with Gasteiger partial charge in [-0.05, 0) is 54.8 Å². The van der Waals surface area contributed by atoms with Crippen LogP contribution in [0.5, 0.6) is 0 Å². The fourth-order valence-corrected chi connectivity index (χ4v) is 3.12. The predicted molar refractivity (Wildman–Crippen MR) is 79.1 cm³/mol. The molecule has 0 radical (unpaired) electrons. The van der Waals surface area contributed by atoms with Crippen LogP contribution < -0.4 is 5.73 Å². The van der Waals surface area contributed by atoms with Gasteiger partial charge in [0.2, 0.25) is 0 Å². The van der Waals surface area contributed by atoms with E-state index in [1.54, 1.807) is 0 Å². The molecule has 1 fully saturated rings. The molecule has 1 aromatic heterocycles. The van der Waals surface area contributed by atoms with E-state index in [-0.39, 0.29) is 5.54 Å². The molecule has 1 aliphatic carbocycles. The van der Waals surface area contributed by atoms with E-state index < -0.39 is 0 Å². The molecule has 1 aromatic carbocycles. The van der Waals surface area contributed by atoms with Crippen LogP contribution in [0.4, 0.5) is 5.69 Å². The van der Waals surface area contributed by atoms with Crippen molar-refractivity contribution in [3.63, 3.8) is 0 Å². The van der Waals surface area contributed by atoms with Gasteiger partial charge in [0, 0.05) is 11.3 Å². The molecule has 106 valence electrons. The van der Waals surface area contributed by atoms with Gasteiger partial charge >= 0.3 is 0 Å². The van der Waals surface area contributed by atoms with Crippen LogP contribution in [0.3, 0.4) is 0 Å². The standard InChI is InChI=1S/C15H21N5/c1-11-6-7-12(16)10-13(11)14-17-18-19-20(14)15(2)8-4-3-5-9-15/h6-7,10H,3-5,8-9,16H2,1-2H3. The molecule has 2 aromatic rings. The second-order valence-corrected chi connectivity index (χ2v) is 6.05. The van der Waals surface area contributed by atoms with Crippen molar-refractivity contribution in [3.8, 4) is 11.4 Å². The number of tetrazole rings is 1. The Kier molecular flexibility index (Phi) is 3.20. The molecule has 0 unspecified atom stereocenters. The summed E-state index contributed by atoms with van der Waals surface area (Å²) in [7, 11) is 0. The molecule has 2 N–H and O–H groups in total. The Balaban J connectivity index is 2.08. The molecule has 20 heavy (non-hydrogen) atoms. The van der Waals surface area contributed by atoms with Gasteiger partial charge in [0.1, 0.15) is 0 Å². The summed E-state index contributed by atoms with van der Waals surface area (Å²) < 4.78 is 2.01. The fraction of sp³-hybridized carbons (Fsp3) is 0.533. The lowest BCUT2D eigenvalue weighted by molar-refractivity contribution is 0.197. The number of anilines is 1. The molecule has 1 aliphatic rings. The van der Waals surface area contributed by atoms with Crippen molar-refractivity contribution < 1.29 is 0 Å². The van der Waals surface area contributed by atoms with Crippen molar-refractivity contribution in [1.29, 1.82) is 0 Å². The van der Waals surface area contributed by atoms with Crippen LogP contribution in [0, 0.1) is 6.92 Å². The van der Waals surface area contributed by atoms with Gasteiger partial charge in [-0.15, -0.1) is 5.10 Å². The zero-order valence-electron chi connectivity index (χ0n) is 12.1. The van der Waals surface area contributed by atoms with Gasteiger partial charge in [-0.3, -0.25) is 0 Å². The maximum atomic E-state index is 5.92. The Morgan fingerprint density at radius 1 is 1.20 bits per heavy atom. The third-order valence-electron chi connectivity index (χ3n) is 4.41. The SMILES string of the molecule is Cc1ccc(N)cc1-c1nnnn1C1(C)CCCCC1. The molecule has 3 rings (SSSR count). The molecule has 5 heteroatoms. The highest BCUT2D eigenvalue weighted by Gasteiger charge is 2.32. The zero-order valence-corrected chi connectivity index (χ0v) is 12.1. The maximum absolute atomic E-state index is 5.92. The molecule has 1 heterocycles. The van der Waals surface area contributed by atoms with Gasteiger partial charge < -0.3 is 5.73 Å². The fourth-order valence-electron chi connectivity index (χ4n) is 3.12. The number of aromatic nitrogens is 4. The largest absolute Gasteiger partial charge is 0.399 e. The lowest BCUT2D eigenvalue weighted by Gasteiger charge is -2.34. The monoisotopic (exact) mass is 271 g/mol. The molecule has 0 atom stereocenters. The van der Waals surface area contributed by atoms with Crippen LogP contribution >= 0.6 is 0 Å². The number of rotatable bonds is 2. The molecule has 0 aliphatic heterocycles. The highest BCUT2D eigenvalue weighted by molar-refractivity contribution is 5.65. The lowest BCUT2D eigenvalue weighted by Crippen LogP contribution is -2.34. The molecule has 0 bridgehead atoms. The first-order chi connectivity index (χ1) is 9.60. The van der Waals surface area contributed by atoms with E-state index in [1.165, 1.54) is 19.3 Å². The number of hydrogen-bond acceptors (Lipinski definition) is 4. The average molecular weight is 271 g/mol. The Morgan fingerprint density at radius 2 is 1.95 bits per heavy atom. The van der Waals surface area contributed by atoms with Crippen molar-refractivity contribution in [2.24, 2.45) is 0 Å². The van der Waals surface area contributed by atoms with E-state index in [0.29, 0.717) is 0 Å².